The van der Waals surface area contributed by atoms with Crippen molar-refractivity contribution in [1.82, 2.24) is 0 Å². The van der Waals surface area contributed by atoms with Gasteiger partial charge < -0.3 is 19.7 Å². The summed E-state index contributed by atoms with van der Waals surface area (Å²) in [6.45, 7) is 2.51. The molecule has 0 aliphatic heterocycles. The summed E-state index contributed by atoms with van der Waals surface area (Å²) in [5, 5.41) is 19.8. The maximum Gasteiger partial charge on any atom is 0.308 e. The Kier molecular flexibility index (Phi) is 14.0. The van der Waals surface area contributed by atoms with Crippen LogP contribution in [0.25, 0.3) is 0 Å². The zero-order chi connectivity index (χ0) is 30.4. The number of carbonyl (C=O) groups is 5. The average molecular weight is 571 g/mol. The van der Waals surface area contributed by atoms with Crippen LogP contribution >= 0.6 is 0 Å². The Labute approximate surface area is 241 Å². The van der Waals surface area contributed by atoms with Gasteiger partial charge in [-0.3, -0.25) is 24.0 Å². The van der Waals surface area contributed by atoms with Crippen molar-refractivity contribution in [2.24, 2.45) is 0 Å². The van der Waals surface area contributed by atoms with Gasteiger partial charge in [0.2, 0.25) is 23.1 Å². The van der Waals surface area contributed by atoms with Crippen LogP contribution in [0.1, 0.15) is 104 Å². The smallest absolute Gasteiger partial charge is 0.308 e. The van der Waals surface area contributed by atoms with Crippen LogP contribution in [0.5, 0.6) is 0 Å². The largest absolute Gasteiger partial charge is 0.504 e. The van der Waals surface area contributed by atoms with E-state index in [-0.39, 0.29) is 34.7 Å². The minimum absolute atomic E-state index is 0.0236. The maximum atomic E-state index is 12.4. The summed E-state index contributed by atoms with van der Waals surface area (Å²) in [4.78, 5) is 60.1. The molecule has 0 fully saturated rings. The van der Waals surface area contributed by atoms with Crippen molar-refractivity contribution < 1.29 is 43.7 Å². The third kappa shape index (κ3) is 9.99. The molecule has 224 valence electrons. The number of Topliss-reactive ketones (excluding diaryl/α,β-unsaturated/α-hetero) is 3. The lowest BCUT2D eigenvalue weighted by Crippen LogP contribution is -2.25. The minimum Gasteiger partial charge on any atom is -0.504 e. The molecular formula is C32H42O9. The molecule has 0 unspecified atom stereocenters. The number of hydrogen-bond acceptors (Lipinski definition) is 9. The molecule has 0 aromatic carbocycles. The highest BCUT2D eigenvalue weighted by molar-refractivity contribution is 6.23. The highest BCUT2D eigenvalue weighted by atomic mass is 16.5. The quantitative estimate of drug-likeness (QED) is 0.0839. The lowest BCUT2D eigenvalue weighted by molar-refractivity contribution is -0.140. The summed E-state index contributed by atoms with van der Waals surface area (Å²) in [5.74, 6) is -4.26. The van der Waals surface area contributed by atoms with E-state index in [9.17, 15) is 34.2 Å². The third-order valence-corrected chi connectivity index (χ3v) is 7.17. The first-order valence-corrected chi connectivity index (χ1v) is 14.4. The van der Waals surface area contributed by atoms with Crippen molar-refractivity contribution in [2.45, 2.75) is 104 Å². The van der Waals surface area contributed by atoms with E-state index in [1.54, 1.807) is 0 Å². The van der Waals surface area contributed by atoms with Gasteiger partial charge in [0.1, 0.15) is 0 Å². The standard InChI is InChI=1S/C32H42O9/c1-21-27(35)31(39)24(32(28(21)36)41-22(2)33)19-17-15-13-11-9-7-5-4-6-8-10-12-14-16-18-23-29(37)25(34)20-26(40-3)30(23)38/h4-5,20,35,37H,6-19H2,1-3H3. The van der Waals surface area contributed by atoms with Crippen LogP contribution in [0.2, 0.25) is 0 Å². The number of methoxy groups -OCH3 is 1. The Bertz CT molecular complexity index is 1180. The monoisotopic (exact) mass is 570 g/mol. The number of rotatable bonds is 18. The van der Waals surface area contributed by atoms with Crippen LogP contribution in [0.3, 0.4) is 0 Å². The highest BCUT2D eigenvalue weighted by Gasteiger charge is 2.34. The predicted molar refractivity (Wildman–Crippen MR) is 153 cm³/mol. The molecule has 0 aromatic heterocycles. The number of ether oxygens (including phenoxy) is 2. The molecule has 0 bridgehead atoms. The molecule has 0 spiro atoms. The van der Waals surface area contributed by atoms with Gasteiger partial charge in [-0.15, -0.1) is 0 Å². The fourth-order valence-corrected chi connectivity index (χ4v) is 4.78. The van der Waals surface area contributed by atoms with E-state index in [0.29, 0.717) is 12.8 Å². The van der Waals surface area contributed by atoms with E-state index in [1.165, 1.54) is 21.0 Å². The summed E-state index contributed by atoms with van der Waals surface area (Å²) in [7, 11) is 1.33. The molecule has 0 heterocycles. The van der Waals surface area contributed by atoms with Crippen molar-refractivity contribution in [3.05, 3.63) is 58.0 Å². The summed E-state index contributed by atoms with van der Waals surface area (Å²) >= 11 is 0. The van der Waals surface area contributed by atoms with E-state index >= 15 is 0 Å². The Hall–Kier alpha value is -3.75. The minimum atomic E-state index is -0.677. The zero-order valence-corrected chi connectivity index (χ0v) is 24.4. The van der Waals surface area contributed by atoms with E-state index in [1.807, 2.05) is 0 Å². The number of hydrogen-bond donors (Lipinski definition) is 2. The van der Waals surface area contributed by atoms with Crippen LogP contribution in [-0.4, -0.2) is 46.4 Å². The topological polar surface area (TPSA) is 144 Å². The summed E-state index contributed by atoms with van der Waals surface area (Å²) in [5.41, 5.74) is 0.111. The normalized spacial score (nSPS) is 16.3. The Morgan fingerprint density at radius 2 is 1.24 bits per heavy atom. The van der Waals surface area contributed by atoms with Crippen LogP contribution in [0, 0.1) is 0 Å². The molecule has 2 aliphatic rings. The van der Waals surface area contributed by atoms with Crippen LogP contribution in [-0.2, 0) is 33.4 Å². The molecule has 0 saturated carbocycles. The highest BCUT2D eigenvalue weighted by Crippen LogP contribution is 2.28. The van der Waals surface area contributed by atoms with Crippen molar-refractivity contribution >= 4 is 29.1 Å². The molecular weight excluding hydrogens is 528 g/mol. The first-order chi connectivity index (χ1) is 19.6. The van der Waals surface area contributed by atoms with Gasteiger partial charge in [0, 0.05) is 24.1 Å². The fraction of sp³-hybridized carbons (Fsp3) is 0.531. The second-order valence-corrected chi connectivity index (χ2v) is 10.4. The number of aliphatic hydroxyl groups excluding tert-OH is 2. The summed E-state index contributed by atoms with van der Waals surface area (Å²) in [6.07, 6.45) is 17.5. The van der Waals surface area contributed by atoms with Crippen LogP contribution in [0.15, 0.2) is 58.0 Å². The van der Waals surface area contributed by atoms with Gasteiger partial charge in [0.25, 0.3) is 0 Å². The number of esters is 1. The maximum absolute atomic E-state index is 12.4. The Morgan fingerprint density at radius 3 is 1.78 bits per heavy atom. The molecule has 9 heteroatoms. The fourth-order valence-electron chi connectivity index (χ4n) is 4.78. The van der Waals surface area contributed by atoms with Crippen molar-refractivity contribution in [3.63, 3.8) is 0 Å². The first-order valence-electron chi connectivity index (χ1n) is 14.4. The van der Waals surface area contributed by atoms with E-state index < -0.39 is 40.6 Å². The molecule has 0 atom stereocenters. The van der Waals surface area contributed by atoms with E-state index in [4.69, 9.17) is 9.47 Å². The van der Waals surface area contributed by atoms with Gasteiger partial charge in [-0.1, -0.05) is 50.7 Å². The number of carbonyl (C=O) groups excluding carboxylic acids is 5. The summed E-state index contributed by atoms with van der Waals surface area (Å²) < 4.78 is 9.92. The van der Waals surface area contributed by atoms with E-state index in [0.717, 1.165) is 76.7 Å². The van der Waals surface area contributed by atoms with Gasteiger partial charge >= 0.3 is 5.97 Å². The van der Waals surface area contributed by atoms with Crippen molar-refractivity contribution in [1.29, 1.82) is 0 Å². The Balaban J connectivity index is 1.52. The molecule has 41 heavy (non-hydrogen) atoms. The number of allylic oxidation sites excluding steroid dienone is 6. The molecule has 9 nitrogen and oxygen atoms in total. The van der Waals surface area contributed by atoms with Crippen LogP contribution in [0.4, 0.5) is 0 Å². The lowest BCUT2D eigenvalue weighted by atomic mass is 9.90. The van der Waals surface area contributed by atoms with Crippen LogP contribution < -0.4 is 0 Å². The molecule has 2 N–H and O–H groups in total. The molecule has 0 saturated heterocycles. The molecule has 2 aliphatic carbocycles. The first kappa shape index (κ1) is 33.5. The van der Waals surface area contributed by atoms with Gasteiger partial charge in [-0.25, -0.2) is 0 Å². The zero-order valence-electron chi connectivity index (χ0n) is 24.4. The average Bonchev–Trinajstić information content (AvgIpc) is 2.94. The van der Waals surface area contributed by atoms with Gasteiger partial charge in [0.15, 0.2) is 23.0 Å². The second-order valence-electron chi connectivity index (χ2n) is 10.4. The second kappa shape index (κ2) is 17.1. The SMILES string of the molecule is COC1=CC(=O)C(O)=C(CCCCCCCC=CCCCCCCCC2=C(OC(C)=O)C(=O)C(C)=C(O)C2=O)C1=O. The molecule has 0 radical (unpaired) electrons. The predicted octanol–water partition coefficient (Wildman–Crippen LogP) is 6.30. The van der Waals surface area contributed by atoms with Crippen molar-refractivity contribution in [3.8, 4) is 0 Å². The lowest BCUT2D eigenvalue weighted by Gasteiger charge is -2.18. The molecule has 2 rings (SSSR count). The number of aliphatic hydroxyl groups is 2. The Morgan fingerprint density at radius 1 is 0.732 bits per heavy atom. The van der Waals surface area contributed by atoms with Gasteiger partial charge in [-0.05, 0) is 58.3 Å². The number of ketones is 4. The third-order valence-electron chi connectivity index (χ3n) is 7.17. The van der Waals surface area contributed by atoms with Crippen molar-refractivity contribution in [2.75, 3.05) is 7.11 Å². The van der Waals surface area contributed by atoms with Gasteiger partial charge in [0.05, 0.1) is 12.7 Å². The number of unbranched alkanes of at least 4 members (excludes halogenated alkanes) is 10. The van der Waals surface area contributed by atoms with E-state index in [2.05, 4.69) is 12.2 Å². The molecule has 0 aromatic rings. The summed E-state index contributed by atoms with van der Waals surface area (Å²) in [6, 6.07) is 0. The van der Waals surface area contributed by atoms with Gasteiger partial charge in [-0.2, -0.15) is 0 Å². The molecule has 0 amide bonds.